The van der Waals surface area contributed by atoms with Crippen molar-refractivity contribution < 1.29 is 43.7 Å². The lowest BCUT2D eigenvalue weighted by molar-refractivity contribution is -0.143. The van der Waals surface area contributed by atoms with Crippen LogP contribution in [0.15, 0.2) is 0 Å². The Morgan fingerprint density at radius 1 is 0.792 bits per heavy atom. The number of carbonyl (C=O) groups excluding carboxylic acids is 3. The minimum Gasteiger partial charge on any atom is -0.480 e. The third kappa shape index (κ3) is 8.56. The molecule has 0 aromatic heterocycles. The third-order valence-corrected chi connectivity index (χ3v) is 2.94. The molecule has 11 heteroatoms. The smallest absolute Gasteiger partial charge is 0.326 e. The van der Waals surface area contributed by atoms with Crippen molar-refractivity contribution in [2.45, 2.75) is 37.8 Å². The van der Waals surface area contributed by atoms with Gasteiger partial charge in [0.25, 0.3) is 0 Å². The first kappa shape index (κ1) is 21.1. The van der Waals surface area contributed by atoms with Crippen LogP contribution in [0.2, 0.25) is 0 Å². The fourth-order valence-corrected chi connectivity index (χ4v) is 1.60. The fraction of sp³-hybridized carbons (Fsp3) is 0.615. The van der Waals surface area contributed by atoms with Gasteiger partial charge in [-0.05, 0) is 12.8 Å². The molecule has 4 N–H and O–H groups in total. The Labute approximate surface area is 137 Å². The number of hydrogen-bond donors (Lipinski definition) is 4. The Bertz CT molecular complexity index is 450. The average molecular weight is 348 g/mol. The van der Waals surface area contributed by atoms with E-state index in [9.17, 15) is 24.0 Å². The van der Waals surface area contributed by atoms with Gasteiger partial charge in [0.15, 0.2) is 0 Å². The molecule has 0 aromatic carbocycles. The second-order valence-corrected chi connectivity index (χ2v) is 4.63. The van der Waals surface area contributed by atoms with Gasteiger partial charge in [-0.15, -0.1) is 0 Å². The van der Waals surface area contributed by atoms with Crippen LogP contribution in [0.3, 0.4) is 0 Å². The standard InChI is InChI=1S/C13H20N2O9/c1-23-9(16)5-3-7(11(18)19)14-13(22)15-8(12(20)21)4-6-10(17)24-2/h7-8H,3-6H2,1-2H3,(H,18,19)(H,20,21)(H2,14,15,22)/t7-,8+. The number of methoxy groups -OCH3 is 2. The number of amides is 2. The van der Waals surface area contributed by atoms with Crippen molar-refractivity contribution in [1.82, 2.24) is 10.6 Å². The molecule has 0 rings (SSSR count). The molecule has 2 atom stereocenters. The Balaban J connectivity index is 4.60. The highest BCUT2D eigenvalue weighted by Gasteiger charge is 2.25. The lowest BCUT2D eigenvalue weighted by Crippen LogP contribution is -2.51. The Morgan fingerprint density at radius 2 is 1.12 bits per heavy atom. The Hall–Kier alpha value is -2.85. The van der Waals surface area contributed by atoms with E-state index < -0.39 is 42.0 Å². The lowest BCUT2D eigenvalue weighted by Gasteiger charge is -2.18. The van der Waals surface area contributed by atoms with E-state index in [1.165, 1.54) is 0 Å². The van der Waals surface area contributed by atoms with Gasteiger partial charge in [-0.2, -0.15) is 0 Å². The van der Waals surface area contributed by atoms with Crippen molar-refractivity contribution in [3.05, 3.63) is 0 Å². The molecule has 0 aromatic rings. The Kier molecular flexibility index (Phi) is 9.52. The number of carboxylic acid groups (broad SMARTS) is 2. The molecule has 136 valence electrons. The second-order valence-electron chi connectivity index (χ2n) is 4.63. The summed E-state index contributed by atoms with van der Waals surface area (Å²) in [5.41, 5.74) is 0. The van der Waals surface area contributed by atoms with Gasteiger partial charge < -0.3 is 30.3 Å². The molecule has 0 unspecified atom stereocenters. The summed E-state index contributed by atoms with van der Waals surface area (Å²) in [7, 11) is 2.27. The first-order valence-electron chi connectivity index (χ1n) is 6.87. The number of aliphatic carboxylic acids is 2. The summed E-state index contributed by atoms with van der Waals surface area (Å²) < 4.78 is 8.73. The average Bonchev–Trinajstić information content (AvgIpc) is 2.53. The molecule has 0 heterocycles. The van der Waals surface area contributed by atoms with Crippen LogP contribution in [0.25, 0.3) is 0 Å². The van der Waals surface area contributed by atoms with E-state index in [1.807, 2.05) is 10.6 Å². The normalized spacial score (nSPS) is 12.4. The van der Waals surface area contributed by atoms with Crippen molar-refractivity contribution in [1.29, 1.82) is 0 Å². The van der Waals surface area contributed by atoms with E-state index in [1.54, 1.807) is 0 Å². The molecule has 0 saturated carbocycles. The van der Waals surface area contributed by atoms with Crippen LogP contribution < -0.4 is 10.6 Å². The summed E-state index contributed by atoms with van der Waals surface area (Å²) in [4.78, 5) is 55.8. The van der Waals surface area contributed by atoms with Crippen molar-refractivity contribution in [2.75, 3.05) is 14.2 Å². The van der Waals surface area contributed by atoms with E-state index in [-0.39, 0.29) is 25.7 Å². The molecular formula is C13H20N2O9. The van der Waals surface area contributed by atoms with E-state index in [0.29, 0.717) is 0 Å². The van der Waals surface area contributed by atoms with Crippen molar-refractivity contribution in [3.63, 3.8) is 0 Å². The first-order valence-corrected chi connectivity index (χ1v) is 6.87. The number of esters is 2. The largest absolute Gasteiger partial charge is 0.480 e. The minimum atomic E-state index is -1.40. The quantitative estimate of drug-likeness (QED) is 0.365. The van der Waals surface area contributed by atoms with Crippen molar-refractivity contribution >= 4 is 29.9 Å². The molecule has 0 saturated heterocycles. The van der Waals surface area contributed by atoms with Crippen LogP contribution in [0, 0.1) is 0 Å². The highest BCUT2D eigenvalue weighted by atomic mass is 16.5. The molecule has 0 aliphatic carbocycles. The summed E-state index contributed by atoms with van der Waals surface area (Å²) in [5.74, 6) is -4.08. The summed E-state index contributed by atoms with van der Waals surface area (Å²) >= 11 is 0. The van der Waals surface area contributed by atoms with Crippen molar-refractivity contribution in [3.8, 4) is 0 Å². The van der Waals surface area contributed by atoms with Gasteiger partial charge in [0, 0.05) is 12.8 Å². The number of rotatable bonds is 10. The van der Waals surface area contributed by atoms with Crippen LogP contribution in [-0.4, -0.2) is 66.4 Å². The fourth-order valence-electron chi connectivity index (χ4n) is 1.60. The van der Waals surface area contributed by atoms with Crippen LogP contribution in [0.5, 0.6) is 0 Å². The zero-order valence-electron chi connectivity index (χ0n) is 13.2. The molecule has 0 spiro atoms. The molecule has 0 bridgehead atoms. The van der Waals surface area contributed by atoms with Gasteiger partial charge in [0.05, 0.1) is 14.2 Å². The topological polar surface area (TPSA) is 168 Å². The number of ether oxygens (including phenoxy) is 2. The van der Waals surface area contributed by atoms with Crippen LogP contribution in [0.1, 0.15) is 25.7 Å². The monoisotopic (exact) mass is 348 g/mol. The Morgan fingerprint density at radius 3 is 1.38 bits per heavy atom. The lowest BCUT2D eigenvalue weighted by atomic mass is 10.1. The highest BCUT2D eigenvalue weighted by molar-refractivity contribution is 5.86. The number of carboxylic acids is 2. The zero-order chi connectivity index (χ0) is 18.7. The molecule has 0 aliphatic rings. The van der Waals surface area contributed by atoms with Gasteiger partial charge >= 0.3 is 29.9 Å². The third-order valence-electron chi connectivity index (χ3n) is 2.94. The number of urea groups is 1. The van der Waals surface area contributed by atoms with Gasteiger partial charge in [0.1, 0.15) is 12.1 Å². The molecule has 2 amide bonds. The maximum Gasteiger partial charge on any atom is 0.326 e. The van der Waals surface area contributed by atoms with Crippen LogP contribution in [-0.2, 0) is 28.7 Å². The predicted molar refractivity (Wildman–Crippen MR) is 77.0 cm³/mol. The molecule has 11 nitrogen and oxygen atoms in total. The number of carbonyl (C=O) groups is 5. The SMILES string of the molecule is COC(=O)CC[C@H](NC(=O)N[C@H](CCC(=O)OC)C(=O)O)C(=O)O. The summed E-state index contributed by atoms with van der Waals surface area (Å²) in [6.45, 7) is 0. The van der Waals surface area contributed by atoms with E-state index in [4.69, 9.17) is 10.2 Å². The predicted octanol–water partition coefficient (Wildman–Crippen LogP) is -0.902. The van der Waals surface area contributed by atoms with Gasteiger partial charge in [-0.1, -0.05) is 0 Å². The molecule has 0 fully saturated rings. The molecular weight excluding hydrogens is 328 g/mol. The first-order chi connectivity index (χ1) is 11.2. The molecule has 24 heavy (non-hydrogen) atoms. The van der Waals surface area contributed by atoms with Crippen molar-refractivity contribution in [2.24, 2.45) is 0 Å². The van der Waals surface area contributed by atoms with Crippen LogP contribution >= 0.6 is 0 Å². The maximum absolute atomic E-state index is 11.7. The van der Waals surface area contributed by atoms with Gasteiger partial charge in [0.2, 0.25) is 0 Å². The van der Waals surface area contributed by atoms with Gasteiger partial charge in [-0.3, -0.25) is 9.59 Å². The van der Waals surface area contributed by atoms with E-state index in [2.05, 4.69) is 9.47 Å². The van der Waals surface area contributed by atoms with E-state index >= 15 is 0 Å². The zero-order valence-corrected chi connectivity index (χ0v) is 13.2. The minimum absolute atomic E-state index is 0.227. The summed E-state index contributed by atoms with van der Waals surface area (Å²) in [5, 5.41) is 22.1. The highest BCUT2D eigenvalue weighted by Crippen LogP contribution is 2.02. The number of nitrogens with one attached hydrogen (secondary N) is 2. The van der Waals surface area contributed by atoms with Crippen LogP contribution in [0.4, 0.5) is 4.79 Å². The maximum atomic E-state index is 11.7. The summed E-state index contributed by atoms with van der Waals surface area (Å²) in [6.07, 6.45) is -0.929. The number of hydrogen-bond acceptors (Lipinski definition) is 7. The summed E-state index contributed by atoms with van der Waals surface area (Å²) in [6, 6.07) is -3.86. The van der Waals surface area contributed by atoms with Gasteiger partial charge in [-0.25, -0.2) is 14.4 Å². The molecule has 0 radical (unpaired) electrons. The molecule has 0 aliphatic heterocycles. The second kappa shape index (κ2) is 10.8. The van der Waals surface area contributed by atoms with E-state index in [0.717, 1.165) is 14.2 Å².